The molecule has 0 fully saturated rings. The molecule has 524 valence electrons. The number of fused-ring (bicyclic) bond motifs is 14. The number of hydrogen-bond donors (Lipinski definition) is 0. The minimum Gasteiger partial charge on any atom is -0.437 e. The second kappa shape index (κ2) is 27.5. The van der Waals surface area contributed by atoms with Crippen molar-refractivity contribution in [2.45, 2.75) is 0 Å². The van der Waals surface area contributed by atoms with Gasteiger partial charge >= 0.3 is 0 Å². The quantitative estimate of drug-likeness (QED) is 0.119. The Balaban J connectivity index is 0.000000141. The molecule has 14 aromatic carbocycles. The Morgan fingerprint density at radius 3 is 0.973 bits per heavy atom. The summed E-state index contributed by atoms with van der Waals surface area (Å²) in [6.45, 7) is 0. The second-order valence-corrected chi connectivity index (χ2v) is 28.0. The van der Waals surface area contributed by atoms with Crippen LogP contribution in [-0.2, 0) is 0 Å². The van der Waals surface area contributed by atoms with E-state index in [2.05, 4.69) is 276 Å². The molecule has 8 aromatic heterocycles. The number of nitrogens with zero attached hydrogens (tertiary/aromatic N) is 8. The summed E-state index contributed by atoms with van der Waals surface area (Å²) in [6, 6.07) is 134. The highest BCUT2D eigenvalue weighted by molar-refractivity contribution is 6.30. The molecule has 10 nitrogen and oxygen atoms in total. The van der Waals surface area contributed by atoms with Crippen molar-refractivity contribution in [3.63, 3.8) is 0 Å². The number of pyridine rings is 2. The maximum Gasteiger partial charge on any atom is 0.213 e. The summed E-state index contributed by atoms with van der Waals surface area (Å²) in [7, 11) is 0. The first kappa shape index (κ1) is 65.1. The molecule has 0 saturated carbocycles. The molecule has 0 saturated heterocycles. The predicted molar refractivity (Wildman–Crippen MR) is 457 cm³/mol. The third-order valence-corrected chi connectivity index (χ3v) is 21.2. The van der Waals surface area contributed by atoms with Crippen LogP contribution in [-0.4, -0.2) is 39.0 Å². The monoisotopic (exact) mass is 1430 g/mol. The van der Waals surface area contributed by atoms with Crippen molar-refractivity contribution in [3.8, 4) is 124 Å². The van der Waals surface area contributed by atoms with Crippen LogP contribution in [0.2, 0.25) is 0 Å². The van der Waals surface area contributed by atoms with Gasteiger partial charge in [0.25, 0.3) is 0 Å². The molecule has 0 amide bonds. The first-order chi connectivity index (χ1) is 55.5. The average Bonchev–Trinajstić information content (AvgIpc) is 1.55. The first-order valence-corrected chi connectivity index (χ1v) is 37.6. The zero-order valence-electron chi connectivity index (χ0n) is 60.3. The van der Waals surface area contributed by atoms with Gasteiger partial charge < -0.3 is 8.83 Å². The standard InChI is InChI=1S/2C51H32N4O/c1-4-15-34(16-5-1)43-32-44(54-50(53-43)37-19-8-3-9-20-37)35-29-27-33(28-30-35)38-21-14-22-39(31-38)55-45-26-13-11-24-41(45)47-46-40-23-10-12-25-42(40)52-48(49(46)56-51(47)55)36-17-6-2-7-18-36;1-4-15-34(16-5-1)43-32-44(54-50(53-43)36-19-8-3-9-20-36)38-22-14-21-37(31-38)33-27-29-39(30-28-33)55-45-26-13-11-24-41(45)47-46-40-23-10-12-25-42(40)52-48(49(46)56-51(47)55)35-17-6-2-7-18-35/h2*1-32H. The van der Waals surface area contributed by atoms with Gasteiger partial charge in [0, 0.05) is 88.2 Å². The molecule has 0 unspecified atom stereocenters. The Labute approximate surface area is 643 Å². The van der Waals surface area contributed by atoms with Gasteiger partial charge in [0.15, 0.2) is 22.8 Å². The number of furan rings is 2. The van der Waals surface area contributed by atoms with Crippen molar-refractivity contribution in [1.82, 2.24) is 39.0 Å². The van der Waals surface area contributed by atoms with E-state index in [1.165, 1.54) is 0 Å². The maximum absolute atomic E-state index is 7.00. The lowest BCUT2D eigenvalue weighted by Crippen LogP contribution is -1.96. The zero-order chi connectivity index (χ0) is 74.0. The van der Waals surface area contributed by atoms with Gasteiger partial charge in [-0.1, -0.05) is 322 Å². The smallest absolute Gasteiger partial charge is 0.213 e. The van der Waals surface area contributed by atoms with Crippen LogP contribution in [0.25, 0.3) is 212 Å². The third kappa shape index (κ3) is 11.5. The first-order valence-electron chi connectivity index (χ1n) is 37.6. The fourth-order valence-corrected chi connectivity index (χ4v) is 15.9. The summed E-state index contributed by atoms with van der Waals surface area (Å²) in [6.07, 6.45) is 0. The van der Waals surface area contributed by atoms with Crippen molar-refractivity contribution in [3.05, 3.63) is 388 Å². The Kier molecular flexibility index (Phi) is 16.0. The minimum atomic E-state index is 0.701. The summed E-state index contributed by atoms with van der Waals surface area (Å²) in [5.74, 6) is 1.40. The third-order valence-electron chi connectivity index (χ3n) is 21.2. The molecule has 22 rings (SSSR count). The molecule has 112 heavy (non-hydrogen) atoms. The minimum absolute atomic E-state index is 0.701. The number of benzene rings is 14. The number of rotatable bonds is 12. The van der Waals surface area contributed by atoms with Crippen LogP contribution in [0.1, 0.15) is 0 Å². The summed E-state index contributed by atoms with van der Waals surface area (Å²) in [4.78, 5) is 30.3. The van der Waals surface area contributed by atoms with Crippen molar-refractivity contribution >= 4 is 87.7 Å². The van der Waals surface area contributed by atoms with E-state index in [-0.39, 0.29) is 0 Å². The van der Waals surface area contributed by atoms with Crippen molar-refractivity contribution in [2.24, 2.45) is 0 Å². The Hall–Kier alpha value is -15.3. The van der Waals surface area contributed by atoms with Gasteiger partial charge in [-0.25, -0.2) is 29.9 Å². The molecule has 0 spiro atoms. The molecule has 0 atom stereocenters. The molecular formula is C102H64N8O2. The Morgan fingerprint density at radius 2 is 0.518 bits per heavy atom. The number of hydrogen-bond acceptors (Lipinski definition) is 8. The van der Waals surface area contributed by atoms with Gasteiger partial charge in [0.05, 0.1) is 55.6 Å². The highest BCUT2D eigenvalue weighted by Crippen LogP contribution is 2.48. The molecule has 0 aliphatic rings. The van der Waals surface area contributed by atoms with Crippen LogP contribution < -0.4 is 0 Å². The van der Waals surface area contributed by atoms with Gasteiger partial charge in [-0.15, -0.1) is 0 Å². The maximum atomic E-state index is 7.00. The highest BCUT2D eigenvalue weighted by atomic mass is 16.3. The molecule has 0 aliphatic heterocycles. The van der Waals surface area contributed by atoms with Gasteiger partial charge in [-0.05, 0) is 89.0 Å². The van der Waals surface area contributed by atoms with E-state index in [1.54, 1.807) is 0 Å². The molecule has 10 heteroatoms. The molecule has 0 radical (unpaired) electrons. The van der Waals surface area contributed by atoms with Crippen LogP contribution >= 0.6 is 0 Å². The van der Waals surface area contributed by atoms with Crippen LogP contribution in [0.5, 0.6) is 0 Å². The molecular weight excluding hydrogens is 1370 g/mol. The van der Waals surface area contributed by atoms with E-state index in [9.17, 15) is 0 Å². The fourth-order valence-electron chi connectivity index (χ4n) is 15.9. The van der Waals surface area contributed by atoms with Crippen LogP contribution in [0.4, 0.5) is 0 Å². The highest BCUT2D eigenvalue weighted by Gasteiger charge is 2.27. The lowest BCUT2D eigenvalue weighted by molar-refractivity contribution is 0.645. The van der Waals surface area contributed by atoms with Crippen LogP contribution in [0.3, 0.4) is 0 Å². The van der Waals surface area contributed by atoms with Gasteiger partial charge in [0.1, 0.15) is 11.4 Å². The zero-order valence-corrected chi connectivity index (χ0v) is 60.3. The van der Waals surface area contributed by atoms with E-state index in [0.717, 1.165) is 200 Å². The SMILES string of the molecule is c1ccc(-c2cc(-c3ccc(-c4cccc(-n5c6ccccc6c6c7c(oc65)c(-c5ccccc5)nc5ccccc57)c4)cc3)nc(-c3ccccc3)n2)cc1.c1ccc(-c2cc(-c3cccc(-c4ccc(-n5c6ccccc6c6c7c(oc65)c(-c5ccccc5)nc5ccccc57)cc4)c3)nc(-c3ccccc3)n2)cc1. The van der Waals surface area contributed by atoms with Crippen LogP contribution in [0.15, 0.2) is 397 Å². The van der Waals surface area contributed by atoms with E-state index in [0.29, 0.717) is 11.6 Å². The lowest BCUT2D eigenvalue weighted by atomic mass is 10.0. The van der Waals surface area contributed by atoms with E-state index >= 15 is 0 Å². The summed E-state index contributed by atoms with van der Waals surface area (Å²) in [5, 5.41) is 8.80. The molecule has 22 aromatic rings. The number of para-hydroxylation sites is 4. The topological polar surface area (TPSA) is 113 Å². The van der Waals surface area contributed by atoms with E-state index in [1.807, 2.05) is 121 Å². The summed E-state index contributed by atoms with van der Waals surface area (Å²) < 4.78 is 18.5. The van der Waals surface area contributed by atoms with Gasteiger partial charge in [-0.3, -0.25) is 9.13 Å². The number of aromatic nitrogens is 8. The fraction of sp³-hybridized carbons (Fsp3) is 0. The van der Waals surface area contributed by atoms with Gasteiger partial charge in [0.2, 0.25) is 11.4 Å². The van der Waals surface area contributed by atoms with Crippen molar-refractivity contribution in [1.29, 1.82) is 0 Å². The van der Waals surface area contributed by atoms with E-state index < -0.39 is 0 Å². The Bertz CT molecular complexity index is 7210. The lowest BCUT2D eigenvalue weighted by Gasteiger charge is -2.11. The van der Waals surface area contributed by atoms with Crippen molar-refractivity contribution < 1.29 is 8.83 Å². The van der Waals surface area contributed by atoms with E-state index in [4.69, 9.17) is 38.7 Å². The van der Waals surface area contributed by atoms with Gasteiger partial charge in [-0.2, -0.15) is 0 Å². The Morgan fingerprint density at radius 1 is 0.196 bits per heavy atom. The largest absolute Gasteiger partial charge is 0.437 e. The summed E-state index contributed by atoms with van der Waals surface area (Å²) >= 11 is 0. The molecule has 8 heterocycles. The molecule has 0 aliphatic carbocycles. The molecule has 0 bridgehead atoms. The van der Waals surface area contributed by atoms with Crippen LogP contribution in [0, 0.1) is 0 Å². The second-order valence-electron chi connectivity index (χ2n) is 28.0. The molecule has 0 N–H and O–H groups in total. The predicted octanol–water partition coefficient (Wildman–Crippen LogP) is 26.4. The average molecular weight is 1430 g/mol. The summed E-state index contributed by atoms with van der Waals surface area (Å²) in [5.41, 5.74) is 27.1. The normalized spacial score (nSPS) is 11.6. The van der Waals surface area contributed by atoms with Crippen molar-refractivity contribution in [2.75, 3.05) is 0 Å².